The molecule has 0 radical (unpaired) electrons. The van der Waals surface area contributed by atoms with E-state index in [9.17, 15) is 9.59 Å². The van der Waals surface area contributed by atoms with E-state index < -0.39 is 0 Å². The van der Waals surface area contributed by atoms with Crippen LogP contribution in [0.15, 0.2) is 35.0 Å². The maximum absolute atomic E-state index is 12.7. The standard InChI is InChI=1S/C20H17N3O4/c1-10-16(11(2)27-22-10)12-8-14(13-6-5-7-21-18(13)26-4)17-15(9-12)19(24)23(3)20(17)25/h5-9H,1-4H3. The number of hydrogen-bond acceptors (Lipinski definition) is 6. The van der Waals surface area contributed by atoms with Crippen molar-refractivity contribution in [3.8, 4) is 28.1 Å². The highest BCUT2D eigenvalue weighted by Gasteiger charge is 2.37. The predicted octanol–water partition coefficient (Wildman–Crippen LogP) is 3.25. The number of amides is 2. The van der Waals surface area contributed by atoms with Gasteiger partial charge in [0.25, 0.3) is 11.8 Å². The number of aromatic nitrogens is 2. The largest absolute Gasteiger partial charge is 0.481 e. The van der Waals surface area contributed by atoms with Crippen molar-refractivity contribution in [2.45, 2.75) is 13.8 Å². The molecule has 4 rings (SSSR count). The van der Waals surface area contributed by atoms with Crippen LogP contribution in [0.4, 0.5) is 0 Å². The van der Waals surface area contributed by atoms with Gasteiger partial charge in [-0.25, -0.2) is 4.98 Å². The molecule has 1 aromatic carbocycles. The third-order valence-corrected chi connectivity index (χ3v) is 4.77. The zero-order valence-corrected chi connectivity index (χ0v) is 15.4. The number of carbonyl (C=O) groups is 2. The first-order valence-corrected chi connectivity index (χ1v) is 8.37. The molecule has 0 saturated carbocycles. The van der Waals surface area contributed by atoms with Crippen LogP contribution in [0.5, 0.6) is 5.88 Å². The van der Waals surface area contributed by atoms with Gasteiger partial charge in [0.05, 0.1) is 23.9 Å². The third kappa shape index (κ3) is 2.43. The number of hydrogen-bond donors (Lipinski definition) is 0. The second-order valence-corrected chi connectivity index (χ2v) is 6.38. The van der Waals surface area contributed by atoms with Crippen LogP contribution in [0.1, 0.15) is 32.2 Å². The number of aryl methyl sites for hydroxylation is 2. The van der Waals surface area contributed by atoms with Crippen LogP contribution in [0, 0.1) is 13.8 Å². The number of pyridine rings is 1. The summed E-state index contributed by atoms with van der Waals surface area (Å²) in [7, 11) is 2.99. The van der Waals surface area contributed by atoms with Crippen molar-refractivity contribution in [1.29, 1.82) is 0 Å². The van der Waals surface area contributed by atoms with E-state index in [0.29, 0.717) is 39.6 Å². The van der Waals surface area contributed by atoms with Gasteiger partial charge in [0.1, 0.15) is 5.76 Å². The first-order chi connectivity index (χ1) is 12.9. The van der Waals surface area contributed by atoms with Crippen LogP contribution < -0.4 is 4.74 Å². The number of ether oxygens (including phenoxy) is 1. The number of benzene rings is 1. The summed E-state index contributed by atoms with van der Waals surface area (Å²) in [6, 6.07) is 7.15. The summed E-state index contributed by atoms with van der Waals surface area (Å²) in [5.41, 5.74) is 4.20. The van der Waals surface area contributed by atoms with Crippen molar-refractivity contribution < 1.29 is 18.8 Å². The molecular formula is C20H17N3O4. The minimum atomic E-state index is -0.346. The van der Waals surface area contributed by atoms with Crippen molar-refractivity contribution in [3.63, 3.8) is 0 Å². The van der Waals surface area contributed by atoms with Gasteiger partial charge in [-0.2, -0.15) is 0 Å². The maximum atomic E-state index is 12.7. The lowest BCUT2D eigenvalue weighted by Gasteiger charge is -2.12. The summed E-state index contributed by atoms with van der Waals surface area (Å²) in [5, 5.41) is 4.00. The van der Waals surface area contributed by atoms with Crippen LogP contribution in [0.25, 0.3) is 22.3 Å². The van der Waals surface area contributed by atoms with Crippen LogP contribution in [-0.4, -0.2) is 41.0 Å². The fraction of sp³-hybridized carbons (Fsp3) is 0.200. The topological polar surface area (TPSA) is 85.5 Å². The highest BCUT2D eigenvalue weighted by atomic mass is 16.5. The van der Waals surface area contributed by atoms with E-state index in [1.165, 1.54) is 14.2 Å². The van der Waals surface area contributed by atoms with Crippen molar-refractivity contribution in [2.75, 3.05) is 14.2 Å². The van der Waals surface area contributed by atoms with Gasteiger partial charge in [0.15, 0.2) is 0 Å². The van der Waals surface area contributed by atoms with Crippen LogP contribution in [0.2, 0.25) is 0 Å². The monoisotopic (exact) mass is 363 g/mol. The molecule has 0 spiro atoms. The number of nitrogens with zero attached hydrogens (tertiary/aromatic N) is 3. The molecule has 0 saturated heterocycles. The Bertz CT molecular complexity index is 1080. The Morgan fingerprint density at radius 2 is 1.78 bits per heavy atom. The van der Waals surface area contributed by atoms with E-state index >= 15 is 0 Å². The van der Waals surface area contributed by atoms with Crippen molar-refractivity contribution in [3.05, 3.63) is 53.0 Å². The fourth-order valence-corrected chi connectivity index (χ4v) is 3.49. The van der Waals surface area contributed by atoms with E-state index in [-0.39, 0.29) is 11.8 Å². The highest BCUT2D eigenvalue weighted by Crippen LogP contribution is 2.40. The predicted molar refractivity (Wildman–Crippen MR) is 97.6 cm³/mol. The van der Waals surface area contributed by atoms with Gasteiger partial charge in [-0.3, -0.25) is 14.5 Å². The average molecular weight is 363 g/mol. The van der Waals surface area contributed by atoms with E-state index in [2.05, 4.69) is 10.1 Å². The zero-order valence-electron chi connectivity index (χ0n) is 15.4. The number of methoxy groups -OCH3 is 1. The Kier molecular flexibility index (Phi) is 3.80. The molecule has 7 heteroatoms. The molecule has 0 unspecified atom stereocenters. The second-order valence-electron chi connectivity index (χ2n) is 6.38. The molecule has 27 heavy (non-hydrogen) atoms. The lowest BCUT2D eigenvalue weighted by molar-refractivity contribution is 0.0693. The Morgan fingerprint density at radius 3 is 2.44 bits per heavy atom. The molecule has 3 aromatic rings. The molecule has 0 N–H and O–H groups in total. The maximum Gasteiger partial charge on any atom is 0.261 e. The minimum absolute atomic E-state index is 0.340. The number of fused-ring (bicyclic) bond motifs is 1. The van der Waals surface area contributed by atoms with E-state index in [4.69, 9.17) is 9.26 Å². The molecule has 1 aliphatic heterocycles. The molecule has 1 aliphatic rings. The molecule has 0 bridgehead atoms. The lowest BCUT2D eigenvalue weighted by Crippen LogP contribution is -2.24. The van der Waals surface area contributed by atoms with Gasteiger partial charge in [0.2, 0.25) is 5.88 Å². The van der Waals surface area contributed by atoms with E-state index in [0.717, 1.165) is 16.0 Å². The molecule has 0 atom stereocenters. The van der Waals surface area contributed by atoms with Gasteiger partial charge in [0, 0.05) is 29.9 Å². The van der Waals surface area contributed by atoms with E-state index in [1.807, 2.05) is 26.0 Å². The number of imide groups is 1. The third-order valence-electron chi connectivity index (χ3n) is 4.77. The average Bonchev–Trinajstić information content (AvgIpc) is 3.12. The Balaban J connectivity index is 2.08. The molecule has 7 nitrogen and oxygen atoms in total. The molecule has 2 aromatic heterocycles. The zero-order chi connectivity index (χ0) is 19.3. The van der Waals surface area contributed by atoms with Gasteiger partial charge in [-0.1, -0.05) is 5.16 Å². The molecule has 0 fully saturated rings. The highest BCUT2D eigenvalue weighted by molar-refractivity contribution is 6.24. The SMILES string of the molecule is COc1ncccc1-c1cc(-c2c(C)noc2C)cc2c1C(=O)N(C)C2=O. The smallest absolute Gasteiger partial charge is 0.261 e. The van der Waals surface area contributed by atoms with Gasteiger partial charge in [-0.05, 0) is 43.7 Å². The Morgan fingerprint density at radius 1 is 1.04 bits per heavy atom. The minimum Gasteiger partial charge on any atom is -0.481 e. The quantitative estimate of drug-likeness (QED) is 0.664. The molecule has 3 heterocycles. The summed E-state index contributed by atoms with van der Waals surface area (Å²) < 4.78 is 10.7. The van der Waals surface area contributed by atoms with Gasteiger partial charge >= 0.3 is 0 Å². The van der Waals surface area contributed by atoms with Crippen molar-refractivity contribution in [2.24, 2.45) is 0 Å². The van der Waals surface area contributed by atoms with E-state index in [1.54, 1.807) is 18.3 Å². The van der Waals surface area contributed by atoms with Gasteiger partial charge < -0.3 is 9.26 Å². The summed E-state index contributed by atoms with van der Waals surface area (Å²) in [6.07, 6.45) is 1.61. The number of carbonyl (C=O) groups excluding carboxylic acids is 2. The first-order valence-electron chi connectivity index (χ1n) is 8.37. The molecule has 136 valence electrons. The normalized spacial score (nSPS) is 13.3. The summed E-state index contributed by atoms with van der Waals surface area (Å²) in [6.45, 7) is 3.65. The van der Waals surface area contributed by atoms with Crippen LogP contribution in [-0.2, 0) is 0 Å². The first kappa shape index (κ1) is 17.0. The summed E-state index contributed by atoms with van der Waals surface area (Å²) in [5.74, 6) is 0.334. The van der Waals surface area contributed by atoms with Crippen LogP contribution >= 0.6 is 0 Å². The van der Waals surface area contributed by atoms with Crippen molar-refractivity contribution in [1.82, 2.24) is 15.0 Å². The summed E-state index contributed by atoms with van der Waals surface area (Å²) >= 11 is 0. The second kappa shape index (κ2) is 6.05. The number of rotatable bonds is 3. The molecule has 2 amide bonds. The fourth-order valence-electron chi connectivity index (χ4n) is 3.49. The van der Waals surface area contributed by atoms with Crippen molar-refractivity contribution >= 4 is 11.8 Å². The Hall–Kier alpha value is -3.48. The molecule has 0 aliphatic carbocycles. The van der Waals surface area contributed by atoms with Crippen LogP contribution in [0.3, 0.4) is 0 Å². The lowest BCUT2D eigenvalue weighted by atomic mass is 9.91. The summed E-state index contributed by atoms with van der Waals surface area (Å²) in [4.78, 5) is 30.7. The molecular weight excluding hydrogens is 346 g/mol. The van der Waals surface area contributed by atoms with Gasteiger partial charge in [-0.15, -0.1) is 0 Å². The Labute approximate surface area is 155 Å².